The quantitative estimate of drug-likeness (QED) is 0.739. The third-order valence-electron chi connectivity index (χ3n) is 3.86. The maximum atomic E-state index is 11.9. The number of anilines is 1. The van der Waals surface area contributed by atoms with Crippen LogP contribution >= 0.6 is 0 Å². The van der Waals surface area contributed by atoms with Gasteiger partial charge in [-0.05, 0) is 37.9 Å². The third kappa shape index (κ3) is 4.42. The molecule has 120 valence electrons. The summed E-state index contributed by atoms with van der Waals surface area (Å²) in [5.74, 6) is -0.304. The van der Waals surface area contributed by atoms with E-state index in [0.29, 0.717) is 12.4 Å². The molecule has 0 aliphatic heterocycles. The lowest BCUT2D eigenvalue weighted by Crippen LogP contribution is -2.55. The fourth-order valence-corrected chi connectivity index (χ4v) is 2.56. The molecule has 1 saturated carbocycles. The molecule has 0 radical (unpaired) electrons. The zero-order chi connectivity index (χ0) is 16.1. The van der Waals surface area contributed by atoms with Gasteiger partial charge in [-0.3, -0.25) is 15.0 Å². The van der Waals surface area contributed by atoms with Gasteiger partial charge in [0.15, 0.2) is 0 Å². The van der Waals surface area contributed by atoms with Gasteiger partial charge in [0, 0.05) is 18.3 Å². The first-order chi connectivity index (χ1) is 10.5. The lowest BCUT2D eigenvalue weighted by molar-refractivity contribution is -0.139. The zero-order valence-electron chi connectivity index (χ0n) is 12.9. The summed E-state index contributed by atoms with van der Waals surface area (Å²) in [6.07, 6.45) is 3.24. The van der Waals surface area contributed by atoms with E-state index in [9.17, 15) is 9.59 Å². The van der Waals surface area contributed by atoms with E-state index >= 15 is 0 Å². The van der Waals surface area contributed by atoms with Crippen molar-refractivity contribution in [2.75, 3.05) is 18.4 Å². The van der Waals surface area contributed by atoms with Gasteiger partial charge < -0.3 is 10.4 Å². The van der Waals surface area contributed by atoms with Crippen molar-refractivity contribution in [2.45, 2.75) is 38.8 Å². The highest BCUT2D eigenvalue weighted by Crippen LogP contribution is 2.25. The Bertz CT molecular complexity index is 526. The van der Waals surface area contributed by atoms with Crippen molar-refractivity contribution in [1.82, 2.24) is 15.2 Å². The van der Waals surface area contributed by atoms with E-state index in [4.69, 9.17) is 5.11 Å². The van der Waals surface area contributed by atoms with Crippen molar-refractivity contribution in [3.8, 4) is 0 Å². The minimum Gasteiger partial charge on any atom is -0.480 e. The van der Waals surface area contributed by atoms with Gasteiger partial charge in [0.05, 0.1) is 6.54 Å². The van der Waals surface area contributed by atoms with Crippen molar-refractivity contribution >= 4 is 17.8 Å². The summed E-state index contributed by atoms with van der Waals surface area (Å²) in [4.78, 5) is 28.7. The second-order valence-electron chi connectivity index (χ2n) is 5.60. The SMILES string of the molecule is CCN(CC(=O)O)C1CC(NC(=O)Nc2ccc(C)cn2)C1. The van der Waals surface area contributed by atoms with Crippen LogP contribution in [0.5, 0.6) is 0 Å². The number of aryl methyl sites for hydroxylation is 1. The number of pyridine rings is 1. The number of carboxylic acid groups (broad SMARTS) is 1. The normalized spacial score (nSPS) is 20.3. The molecule has 1 aromatic rings. The van der Waals surface area contributed by atoms with Crippen LogP contribution in [0.2, 0.25) is 0 Å². The first-order valence-corrected chi connectivity index (χ1v) is 7.44. The van der Waals surface area contributed by atoms with E-state index in [-0.39, 0.29) is 24.7 Å². The van der Waals surface area contributed by atoms with Crippen LogP contribution in [0.25, 0.3) is 0 Å². The largest absolute Gasteiger partial charge is 0.480 e. The maximum absolute atomic E-state index is 11.9. The Morgan fingerprint density at radius 2 is 2.14 bits per heavy atom. The highest BCUT2D eigenvalue weighted by molar-refractivity contribution is 5.88. The van der Waals surface area contributed by atoms with Gasteiger partial charge in [-0.25, -0.2) is 9.78 Å². The number of rotatable bonds is 6. The third-order valence-corrected chi connectivity index (χ3v) is 3.86. The molecule has 1 aromatic heterocycles. The molecule has 0 saturated heterocycles. The molecule has 0 spiro atoms. The van der Waals surface area contributed by atoms with E-state index in [1.807, 2.05) is 24.8 Å². The van der Waals surface area contributed by atoms with Crippen LogP contribution in [0.1, 0.15) is 25.3 Å². The monoisotopic (exact) mass is 306 g/mol. The molecule has 0 atom stereocenters. The van der Waals surface area contributed by atoms with Crippen molar-refractivity contribution < 1.29 is 14.7 Å². The summed E-state index contributed by atoms with van der Waals surface area (Å²) in [5, 5.41) is 14.4. The Labute approximate surface area is 129 Å². The van der Waals surface area contributed by atoms with Crippen LogP contribution in [0.3, 0.4) is 0 Å². The number of nitrogens with one attached hydrogen (secondary N) is 2. The Kier molecular flexibility index (Phi) is 5.32. The minimum absolute atomic E-state index is 0.0490. The number of likely N-dealkylation sites (N-methyl/N-ethyl adjacent to an activating group) is 1. The molecule has 1 aliphatic rings. The van der Waals surface area contributed by atoms with Gasteiger partial charge in [0.1, 0.15) is 5.82 Å². The highest BCUT2D eigenvalue weighted by Gasteiger charge is 2.34. The average Bonchev–Trinajstić information content (AvgIpc) is 2.42. The zero-order valence-corrected chi connectivity index (χ0v) is 12.9. The van der Waals surface area contributed by atoms with Gasteiger partial charge in [-0.15, -0.1) is 0 Å². The summed E-state index contributed by atoms with van der Waals surface area (Å²) >= 11 is 0. The Morgan fingerprint density at radius 1 is 1.41 bits per heavy atom. The second-order valence-corrected chi connectivity index (χ2v) is 5.60. The molecule has 2 rings (SSSR count). The molecule has 1 heterocycles. The topological polar surface area (TPSA) is 94.6 Å². The number of urea groups is 1. The summed E-state index contributed by atoms with van der Waals surface area (Å²) in [5.41, 5.74) is 1.03. The van der Waals surface area contributed by atoms with E-state index in [1.54, 1.807) is 12.3 Å². The Morgan fingerprint density at radius 3 is 2.68 bits per heavy atom. The summed E-state index contributed by atoms with van der Waals surface area (Å²) in [6.45, 7) is 4.62. The standard InChI is InChI=1S/C15H22N4O3/c1-3-19(9-14(20)21)12-6-11(7-12)17-15(22)18-13-5-4-10(2)8-16-13/h4-5,8,11-12H,3,6-7,9H2,1-2H3,(H,20,21)(H2,16,17,18,22). The highest BCUT2D eigenvalue weighted by atomic mass is 16.4. The molecular weight excluding hydrogens is 284 g/mol. The fourth-order valence-electron chi connectivity index (χ4n) is 2.56. The molecule has 0 bridgehead atoms. The van der Waals surface area contributed by atoms with E-state index in [0.717, 1.165) is 18.4 Å². The van der Waals surface area contributed by atoms with Crippen LogP contribution < -0.4 is 10.6 Å². The average molecular weight is 306 g/mol. The van der Waals surface area contributed by atoms with Crippen molar-refractivity contribution in [1.29, 1.82) is 0 Å². The van der Waals surface area contributed by atoms with Crippen LogP contribution in [0, 0.1) is 6.92 Å². The molecular formula is C15H22N4O3. The van der Waals surface area contributed by atoms with Crippen LogP contribution in [0.15, 0.2) is 18.3 Å². The van der Waals surface area contributed by atoms with Crippen LogP contribution in [-0.4, -0.2) is 52.2 Å². The minimum atomic E-state index is -0.818. The Hall–Kier alpha value is -2.15. The van der Waals surface area contributed by atoms with Crippen molar-refractivity contribution in [2.24, 2.45) is 0 Å². The molecule has 22 heavy (non-hydrogen) atoms. The number of carbonyl (C=O) groups is 2. The van der Waals surface area contributed by atoms with E-state index in [2.05, 4.69) is 15.6 Å². The number of hydrogen-bond acceptors (Lipinski definition) is 4. The van der Waals surface area contributed by atoms with Gasteiger partial charge in [0.2, 0.25) is 0 Å². The predicted molar refractivity (Wildman–Crippen MR) is 82.8 cm³/mol. The van der Waals surface area contributed by atoms with E-state index in [1.165, 1.54) is 0 Å². The number of carbonyl (C=O) groups excluding carboxylic acids is 1. The smallest absolute Gasteiger partial charge is 0.320 e. The predicted octanol–water partition coefficient (Wildman–Crippen LogP) is 1.45. The number of nitrogens with zero attached hydrogens (tertiary/aromatic N) is 2. The number of amides is 2. The number of hydrogen-bond donors (Lipinski definition) is 3. The first kappa shape index (κ1) is 16.2. The molecule has 0 aromatic carbocycles. The molecule has 1 fully saturated rings. The molecule has 3 N–H and O–H groups in total. The molecule has 2 amide bonds. The lowest BCUT2D eigenvalue weighted by atomic mass is 9.85. The van der Waals surface area contributed by atoms with Gasteiger partial charge in [-0.2, -0.15) is 0 Å². The van der Waals surface area contributed by atoms with Crippen LogP contribution in [0.4, 0.5) is 10.6 Å². The number of carboxylic acids is 1. The first-order valence-electron chi connectivity index (χ1n) is 7.44. The Balaban J connectivity index is 1.73. The van der Waals surface area contributed by atoms with E-state index < -0.39 is 5.97 Å². The number of aliphatic carboxylic acids is 1. The van der Waals surface area contributed by atoms with Gasteiger partial charge >= 0.3 is 12.0 Å². The summed E-state index contributed by atoms with van der Waals surface area (Å²) in [7, 11) is 0. The van der Waals surface area contributed by atoms with Gasteiger partial charge in [0.25, 0.3) is 0 Å². The summed E-state index contributed by atoms with van der Waals surface area (Å²) in [6, 6.07) is 3.67. The molecule has 1 aliphatic carbocycles. The lowest BCUT2D eigenvalue weighted by Gasteiger charge is -2.42. The molecule has 7 heteroatoms. The maximum Gasteiger partial charge on any atom is 0.320 e. The fraction of sp³-hybridized carbons (Fsp3) is 0.533. The second kappa shape index (κ2) is 7.22. The van der Waals surface area contributed by atoms with Crippen LogP contribution in [-0.2, 0) is 4.79 Å². The number of aromatic nitrogens is 1. The van der Waals surface area contributed by atoms with Crippen molar-refractivity contribution in [3.05, 3.63) is 23.9 Å². The summed E-state index contributed by atoms with van der Waals surface area (Å²) < 4.78 is 0. The molecule has 0 unspecified atom stereocenters. The van der Waals surface area contributed by atoms with Crippen molar-refractivity contribution in [3.63, 3.8) is 0 Å². The van der Waals surface area contributed by atoms with Gasteiger partial charge in [-0.1, -0.05) is 13.0 Å². The molecule has 7 nitrogen and oxygen atoms in total.